The molecule has 2 aromatic rings. The van der Waals surface area contributed by atoms with Gasteiger partial charge in [0.1, 0.15) is 0 Å². The molecular weight excluding hydrogens is 224 g/mol. The van der Waals surface area contributed by atoms with Gasteiger partial charge < -0.3 is 5.11 Å². The van der Waals surface area contributed by atoms with Crippen LogP contribution in [0.1, 0.15) is 27.0 Å². The first-order valence-electron chi connectivity index (χ1n) is 5.90. The summed E-state index contributed by atoms with van der Waals surface area (Å²) in [6.45, 7) is 6.09. The van der Waals surface area contributed by atoms with Gasteiger partial charge >= 0.3 is 5.97 Å². The van der Waals surface area contributed by atoms with E-state index in [1.165, 1.54) is 5.56 Å². The average molecular weight is 240 g/mol. The van der Waals surface area contributed by atoms with E-state index in [2.05, 4.69) is 18.2 Å². The van der Waals surface area contributed by atoms with E-state index < -0.39 is 5.97 Å². The van der Waals surface area contributed by atoms with Crippen molar-refractivity contribution in [2.24, 2.45) is 0 Å². The smallest absolute Gasteiger partial charge is 0.335 e. The van der Waals surface area contributed by atoms with Crippen LogP contribution < -0.4 is 0 Å². The van der Waals surface area contributed by atoms with Gasteiger partial charge in [-0.05, 0) is 55.2 Å². The van der Waals surface area contributed by atoms with Crippen LogP contribution in [0.4, 0.5) is 0 Å². The Bertz CT molecular complexity index is 612. The zero-order valence-corrected chi connectivity index (χ0v) is 10.8. The fraction of sp³-hybridized carbons (Fsp3) is 0.188. The predicted molar refractivity (Wildman–Crippen MR) is 73.0 cm³/mol. The van der Waals surface area contributed by atoms with Gasteiger partial charge in [0.2, 0.25) is 0 Å². The second-order valence-corrected chi connectivity index (χ2v) is 4.65. The number of aromatic carboxylic acids is 1. The molecule has 2 heteroatoms. The molecule has 1 N–H and O–H groups in total. The quantitative estimate of drug-likeness (QED) is 0.862. The monoisotopic (exact) mass is 240 g/mol. The van der Waals surface area contributed by atoms with Gasteiger partial charge in [0.05, 0.1) is 5.56 Å². The molecule has 0 bridgehead atoms. The molecule has 0 aliphatic rings. The van der Waals surface area contributed by atoms with E-state index >= 15 is 0 Å². The molecule has 0 amide bonds. The molecule has 0 radical (unpaired) electrons. The number of hydrogen-bond acceptors (Lipinski definition) is 1. The Labute approximate surface area is 107 Å². The Balaban J connectivity index is 2.66. The minimum atomic E-state index is -0.887. The molecule has 0 atom stereocenters. The van der Waals surface area contributed by atoms with Crippen LogP contribution in [0.5, 0.6) is 0 Å². The molecule has 0 aliphatic heterocycles. The summed E-state index contributed by atoms with van der Waals surface area (Å²) in [6, 6.07) is 11.5. The van der Waals surface area contributed by atoms with Crippen molar-refractivity contribution < 1.29 is 9.90 Å². The maximum absolute atomic E-state index is 11.0. The lowest BCUT2D eigenvalue weighted by Gasteiger charge is -2.11. The van der Waals surface area contributed by atoms with Crippen molar-refractivity contribution in [2.45, 2.75) is 20.8 Å². The maximum atomic E-state index is 11.0. The third kappa shape index (κ3) is 2.28. The standard InChI is InChI=1S/C16H16O2/c1-10-4-5-11(2)14(8-10)15-9-13(16(17)18)7-6-12(15)3/h4-9H,1-3H3,(H,17,18). The fourth-order valence-electron chi connectivity index (χ4n) is 2.07. The van der Waals surface area contributed by atoms with Crippen molar-refractivity contribution in [3.63, 3.8) is 0 Å². The van der Waals surface area contributed by atoms with E-state index in [0.29, 0.717) is 5.56 Å². The van der Waals surface area contributed by atoms with Crippen molar-refractivity contribution >= 4 is 5.97 Å². The van der Waals surface area contributed by atoms with Gasteiger partial charge in [0, 0.05) is 0 Å². The summed E-state index contributed by atoms with van der Waals surface area (Å²) in [5, 5.41) is 9.07. The summed E-state index contributed by atoms with van der Waals surface area (Å²) in [4.78, 5) is 11.0. The molecule has 2 aromatic carbocycles. The van der Waals surface area contributed by atoms with Crippen LogP contribution in [0.2, 0.25) is 0 Å². The summed E-state index contributed by atoms with van der Waals surface area (Å²) in [5.74, 6) is -0.887. The van der Waals surface area contributed by atoms with E-state index in [-0.39, 0.29) is 0 Å². The molecule has 0 saturated heterocycles. The summed E-state index contributed by atoms with van der Waals surface area (Å²) in [6.07, 6.45) is 0. The third-order valence-corrected chi connectivity index (χ3v) is 3.17. The van der Waals surface area contributed by atoms with Gasteiger partial charge in [-0.25, -0.2) is 4.79 Å². The van der Waals surface area contributed by atoms with Crippen LogP contribution in [0, 0.1) is 20.8 Å². The van der Waals surface area contributed by atoms with Crippen LogP contribution in [0.25, 0.3) is 11.1 Å². The highest BCUT2D eigenvalue weighted by atomic mass is 16.4. The Morgan fingerprint density at radius 1 is 0.889 bits per heavy atom. The van der Waals surface area contributed by atoms with Crippen molar-refractivity contribution in [1.29, 1.82) is 0 Å². The first kappa shape index (κ1) is 12.4. The zero-order valence-electron chi connectivity index (χ0n) is 10.8. The molecule has 0 saturated carbocycles. The van der Waals surface area contributed by atoms with Crippen molar-refractivity contribution in [1.82, 2.24) is 0 Å². The highest BCUT2D eigenvalue weighted by Crippen LogP contribution is 2.28. The predicted octanol–water partition coefficient (Wildman–Crippen LogP) is 3.98. The summed E-state index contributed by atoms with van der Waals surface area (Å²) < 4.78 is 0. The summed E-state index contributed by atoms with van der Waals surface area (Å²) in [7, 11) is 0. The normalized spacial score (nSPS) is 10.4. The van der Waals surface area contributed by atoms with E-state index in [0.717, 1.165) is 22.3 Å². The van der Waals surface area contributed by atoms with Gasteiger partial charge in [-0.2, -0.15) is 0 Å². The van der Waals surface area contributed by atoms with E-state index in [1.54, 1.807) is 12.1 Å². The molecule has 2 rings (SSSR count). The molecule has 0 heterocycles. The molecule has 0 spiro atoms. The fourth-order valence-corrected chi connectivity index (χ4v) is 2.07. The topological polar surface area (TPSA) is 37.3 Å². The lowest BCUT2D eigenvalue weighted by molar-refractivity contribution is 0.0697. The third-order valence-electron chi connectivity index (χ3n) is 3.17. The van der Waals surface area contributed by atoms with Crippen molar-refractivity contribution in [3.05, 3.63) is 58.7 Å². The van der Waals surface area contributed by atoms with Crippen LogP contribution in [0.15, 0.2) is 36.4 Å². The Hall–Kier alpha value is -2.09. The first-order valence-corrected chi connectivity index (χ1v) is 5.90. The Kier molecular flexibility index (Phi) is 3.19. The molecule has 0 unspecified atom stereocenters. The molecule has 92 valence electrons. The van der Waals surface area contributed by atoms with Gasteiger partial charge in [0.25, 0.3) is 0 Å². The van der Waals surface area contributed by atoms with Gasteiger partial charge in [-0.15, -0.1) is 0 Å². The zero-order chi connectivity index (χ0) is 13.3. The number of aryl methyl sites for hydroxylation is 3. The molecule has 18 heavy (non-hydrogen) atoms. The lowest BCUT2D eigenvalue weighted by Crippen LogP contribution is -1.98. The first-order chi connectivity index (χ1) is 8.49. The van der Waals surface area contributed by atoms with E-state index in [9.17, 15) is 4.79 Å². The van der Waals surface area contributed by atoms with E-state index in [4.69, 9.17) is 5.11 Å². The molecule has 0 aliphatic carbocycles. The molecule has 0 aromatic heterocycles. The largest absolute Gasteiger partial charge is 0.478 e. The van der Waals surface area contributed by atoms with Crippen LogP contribution in [-0.4, -0.2) is 11.1 Å². The number of benzene rings is 2. The van der Waals surface area contributed by atoms with Gasteiger partial charge in [-0.1, -0.05) is 29.8 Å². The number of carboxylic acids is 1. The SMILES string of the molecule is Cc1ccc(C)c(-c2cc(C(=O)O)ccc2C)c1. The second-order valence-electron chi connectivity index (χ2n) is 4.65. The van der Waals surface area contributed by atoms with Crippen molar-refractivity contribution in [2.75, 3.05) is 0 Å². The number of carboxylic acid groups (broad SMARTS) is 1. The van der Waals surface area contributed by atoms with Gasteiger partial charge in [0.15, 0.2) is 0 Å². The molecule has 2 nitrogen and oxygen atoms in total. The minimum absolute atomic E-state index is 0.330. The maximum Gasteiger partial charge on any atom is 0.335 e. The number of carbonyl (C=O) groups is 1. The van der Waals surface area contributed by atoms with Gasteiger partial charge in [-0.3, -0.25) is 0 Å². The minimum Gasteiger partial charge on any atom is -0.478 e. The average Bonchev–Trinajstić information content (AvgIpc) is 2.33. The summed E-state index contributed by atoms with van der Waals surface area (Å²) in [5.41, 5.74) is 5.86. The highest BCUT2D eigenvalue weighted by Gasteiger charge is 2.09. The van der Waals surface area contributed by atoms with E-state index in [1.807, 2.05) is 26.8 Å². The number of hydrogen-bond donors (Lipinski definition) is 1. The lowest BCUT2D eigenvalue weighted by atomic mass is 9.93. The molecular formula is C16H16O2. The summed E-state index contributed by atoms with van der Waals surface area (Å²) >= 11 is 0. The second kappa shape index (κ2) is 4.65. The Morgan fingerprint density at radius 2 is 1.44 bits per heavy atom. The Morgan fingerprint density at radius 3 is 2.06 bits per heavy atom. The van der Waals surface area contributed by atoms with Crippen LogP contribution in [0.3, 0.4) is 0 Å². The molecule has 0 fully saturated rings. The number of rotatable bonds is 2. The van der Waals surface area contributed by atoms with Crippen molar-refractivity contribution in [3.8, 4) is 11.1 Å². The highest BCUT2D eigenvalue weighted by molar-refractivity contribution is 5.90. The van der Waals surface area contributed by atoms with Crippen LogP contribution >= 0.6 is 0 Å². The van der Waals surface area contributed by atoms with Crippen LogP contribution in [-0.2, 0) is 0 Å².